The zero-order chi connectivity index (χ0) is 19.4. The molecule has 0 saturated heterocycles. The van der Waals surface area contributed by atoms with Crippen LogP contribution in [0.2, 0.25) is 0 Å². The van der Waals surface area contributed by atoms with E-state index in [9.17, 15) is 9.59 Å². The number of hydrogen-bond acceptors (Lipinski definition) is 5. The van der Waals surface area contributed by atoms with Crippen LogP contribution in [0.5, 0.6) is 17.2 Å². The van der Waals surface area contributed by atoms with Crippen molar-refractivity contribution in [1.82, 2.24) is 5.32 Å². The van der Waals surface area contributed by atoms with Crippen LogP contribution in [0.3, 0.4) is 0 Å². The van der Waals surface area contributed by atoms with E-state index >= 15 is 0 Å². The van der Waals surface area contributed by atoms with E-state index in [4.69, 9.17) is 14.2 Å². The SMILES string of the molecule is COc1ccc(CCNC(=O)[C@]2(C)Oc3ccccc3NC2=O)cc1OC. The van der Waals surface area contributed by atoms with Crippen molar-refractivity contribution in [2.75, 3.05) is 26.1 Å². The number of ether oxygens (including phenoxy) is 3. The summed E-state index contributed by atoms with van der Waals surface area (Å²) in [6.45, 7) is 1.81. The van der Waals surface area contributed by atoms with Gasteiger partial charge in [0.05, 0.1) is 19.9 Å². The molecule has 0 aliphatic carbocycles. The smallest absolute Gasteiger partial charge is 0.278 e. The molecule has 1 aliphatic rings. The summed E-state index contributed by atoms with van der Waals surface area (Å²) in [6.07, 6.45) is 0.570. The number of para-hydroxylation sites is 2. The third kappa shape index (κ3) is 3.67. The summed E-state index contributed by atoms with van der Waals surface area (Å²) < 4.78 is 16.2. The molecule has 7 nitrogen and oxygen atoms in total. The van der Waals surface area contributed by atoms with Gasteiger partial charge in [0.1, 0.15) is 5.75 Å². The van der Waals surface area contributed by atoms with Crippen LogP contribution in [0, 0.1) is 0 Å². The van der Waals surface area contributed by atoms with Gasteiger partial charge < -0.3 is 24.8 Å². The number of fused-ring (bicyclic) bond motifs is 1. The molecular weight excluding hydrogens is 348 g/mol. The molecule has 2 aromatic rings. The summed E-state index contributed by atoms with van der Waals surface area (Å²) in [4.78, 5) is 25.0. The third-order valence-corrected chi connectivity index (χ3v) is 4.46. The van der Waals surface area contributed by atoms with Crippen LogP contribution in [0.25, 0.3) is 0 Å². The predicted octanol–water partition coefficient (Wildman–Crippen LogP) is 2.15. The van der Waals surface area contributed by atoms with Gasteiger partial charge in [0.15, 0.2) is 11.5 Å². The Labute approximate surface area is 157 Å². The van der Waals surface area contributed by atoms with Gasteiger partial charge >= 0.3 is 0 Å². The molecule has 27 heavy (non-hydrogen) atoms. The van der Waals surface area contributed by atoms with E-state index in [2.05, 4.69) is 10.6 Å². The molecule has 0 spiro atoms. The Morgan fingerprint density at radius 2 is 1.89 bits per heavy atom. The minimum Gasteiger partial charge on any atom is -0.493 e. The number of amides is 2. The minimum absolute atomic E-state index is 0.349. The number of carbonyl (C=O) groups is 2. The lowest BCUT2D eigenvalue weighted by atomic mass is 10.0. The van der Waals surface area contributed by atoms with E-state index in [1.807, 2.05) is 18.2 Å². The summed E-state index contributed by atoms with van der Waals surface area (Å²) in [6, 6.07) is 12.6. The number of carbonyl (C=O) groups excluding carboxylic acids is 2. The highest BCUT2D eigenvalue weighted by molar-refractivity contribution is 6.15. The van der Waals surface area contributed by atoms with E-state index in [1.165, 1.54) is 6.92 Å². The molecule has 2 N–H and O–H groups in total. The summed E-state index contributed by atoms with van der Waals surface area (Å²) in [7, 11) is 3.15. The lowest BCUT2D eigenvalue weighted by molar-refractivity contribution is -0.146. The van der Waals surface area contributed by atoms with E-state index in [-0.39, 0.29) is 0 Å². The Kier molecular flexibility index (Phi) is 5.21. The maximum Gasteiger partial charge on any atom is 0.278 e. The van der Waals surface area contributed by atoms with E-state index in [0.29, 0.717) is 35.9 Å². The zero-order valence-electron chi connectivity index (χ0n) is 15.5. The van der Waals surface area contributed by atoms with Gasteiger partial charge in [-0.1, -0.05) is 18.2 Å². The number of anilines is 1. The highest BCUT2D eigenvalue weighted by Gasteiger charge is 2.46. The molecule has 7 heteroatoms. The van der Waals surface area contributed by atoms with Crippen molar-refractivity contribution in [2.45, 2.75) is 18.9 Å². The summed E-state index contributed by atoms with van der Waals surface area (Å²) in [5.41, 5.74) is -0.0954. The quantitative estimate of drug-likeness (QED) is 0.761. The molecule has 1 atom stereocenters. The van der Waals surface area contributed by atoms with Gasteiger partial charge in [-0.3, -0.25) is 9.59 Å². The molecule has 0 bridgehead atoms. The van der Waals surface area contributed by atoms with Crippen molar-refractivity contribution >= 4 is 17.5 Å². The van der Waals surface area contributed by atoms with Gasteiger partial charge in [0.2, 0.25) is 0 Å². The number of methoxy groups -OCH3 is 2. The first-order valence-electron chi connectivity index (χ1n) is 8.56. The second kappa shape index (κ2) is 7.57. The molecule has 0 saturated carbocycles. The molecule has 0 aromatic heterocycles. The normalized spacial score (nSPS) is 18.0. The van der Waals surface area contributed by atoms with Gasteiger partial charge in [0, 0.05) is 6.54 Å². The fourth-order valence-corrected chi connectivity index (χ4v) is 2.84. The molecule has 1 aliphatic heterocycles. The highest BCUT2D eigenvalue weighted by atomic mass is 16.5. The average Bonchev–Trinajstić information content (AvgIpc) is 2.68. The number of hydrogen-bond donors (Lipinski definition) is 2. The Morgan fingerprint density at radius 1 is 1.15 bits per heavy atom. The Morgan fingerprint density at radius 3 is 2.63 bits per heavy atom. The van der Waals surface area contributed by atoms with Crippen molar-refractivity contribution in [3.05, 3.63) is 48.0 Å². The zero-order valence-corrected chi connectivity index (χ0v) is 15.5. The van der Waals surface area contributed by atoms with Crippen LogP contribution in [0.15, 0.2) is 42.5 Å². The van der Waals surface area contributed by atoms with Crippen molar-refractivity contribution in [3.63, 3.8) is 0 Å². The van der Waals surface area contributed by atoms with Crippen molar-refractivity contribution < 1.29 is 23.8 Å². The number of rotatable bonds is 6. The van der Waals surface area contributed by atoms with Gasteiger partial charge in [0.25, 0.3) is 17.4 Å². The summed E-state index contributed by atoms with van der Waals surface area (Å²) in [5.74, 6) is 0.748. The molecule has 0 unspecified atom stereocenters. The van der Waals surface area contributed by atoms with Gasteiger partial charge in [-0.25, -0.2) is 0 Å². The van der Waals surface area contributed by atoms with Gasteiger partial charge in [-0.2, -0.15) is 0 Å². The maximum absolute atomic E-state index is 12.6. The van der Waals surface area contributed by atoms with Crippen LogP contribution >= 0.6 is 0 Å². The standard InChI is InChI=1S/C20H22N2O5/c1-20(19(24)22-14-6-4-5-7-15(14)27-20)18(23)21-11-10-13-8-9-16(25-2)17(12-13)26-3/h4-9,12H,10-11H2,1-3H3,(H,21,23)(H,22,24)/t20-/m0/s1. The number of nitrogens with one attached hydrogen (secondary N) is 2. The highest BCUT2D eigenvalue weighted by Crippen LogP contribution is 2.33. The lowest BCUT2D eigenvalue weighted by Gasteiger charge is -2.33. The topological polar surface area (TPSA) is 85.9 Å². The van der Waals surface area contributed by atoms with Crippen LogP contribution in [-0.4, -0.2) is 38.2 Å². The van der Waals surface area contributed by atoms with Gasteiger partial charge in [-0.15, -0.1) is 0 Å². The van der Waals surface area contributed by atoms with E-state index in [1.54, 1.807) is 38.5 Å². The Bertz CT molecular complexity index is 867. The summed E-state index contributed by atoms with van der Waals surface area (Å²) in [5, 5.41) is 5.48. The summed E-state index contributed by atoms with van der Waals surface area (Å²) >= 11 is 0. The van der Waals surface area contributed by atoms with E-state index in [0.717, 1.165) is 5.56 Å². The molecule has 142 valence electrons. The fourth-order valence-electron chi connectivity index (χ4n) is 2.84. The van der Waals surface area contributed by atoms with Gasteiger partial charge in [-0.05, 0) is 43.2 Å². The average molecular weight is 370 g/mol. The third-order valence-electron chi connectivity index (χ3n) is 4.46. The van der Waals surface area contributed by atoms with Crippen LogP contribution in [-0.2, 0) is 16.0 Å². The first-order valence-corrected chi connectivity index (χ1v) is 8.56. The largest absolute Gasteiger partial charge is 0.493 e. The van der Waals surface area contributed by atoms with Crippen LogP contribution in [0.4, 0.5) is 5.69 Å². The Hall–Kier alpha value is -3.22. The molecule has 0 fully saturated rings. The molecule has 2 aromatic carbocycles. The first-order chi connectivity index (χ1) is 13.0. The number of benzene rings is 2. The van der Waals surface area contributed by atoms with Crippen molar-refractivity contribution in [3.8, 4) is 17.2 Å². The molecule has 3 rings (SSSR count). The Balaban J connectivity index is 1.63. The predicted molar refractivity (Wildman–Crippen MR) is 100 cm³/mol. The lowest BCUT2D eigenvalue weighted by Crippen LogP contribution is -2.58. The maximum atomic E-state index is 12.6. The van der Waals surface area contributed by atoms with Crippen molar-refractivity contribution in [1.29, 1.82) is 0 Å². The van der Waals surface area contributed by atoms with Crippen molar-refractivity contribution in [2.24, 2.45) is 0 Å². The molecule has 2 amide bonds. The minimum atomic E-state index is -1.62. The second-order valence-corrected chi connectivity index (χ2v) is 6.28. The monoisotopic (exact) mass is 370 g/mol. The first kappa shape index (κ1) is 18.6. The molecular formula is C20H22N2O5. The second-order valence-electron chi connectivity index (χ2n) is 6.28. The fraction of sp³-hybridized carbons (Fsp3) is 0.300. The van der Waals surface area contributed by atoms with Crippen LogP contribution in [0.1, 0.15) is 12.5 Å². The van der Waals surface area contributed by atoms with Crippen LogP contribution < -0.4 is 24.8 Å². The van der Waals surface area contributed by atoms with E-state index < -0.39 is 17.4 Å². The molecule has 0 radical (unpaired) electrons. The molecule has 1 heterocycles.